The van der Waals surface area contributed by atoms with Crippen LogP contribution in [0.3, 0.4) is 0 Å². The number of ether oxygens (including phenoxy) is 2. The number of anilines is 4. The number of carbonyl (C=O) groups excluding carboxylic acids is 2. The van der Waals surface area contributed by atoms with Gasteiger partial charge in [0.15, 0.2) is 0 Å². The van der Waals surface area contributed by atoms with E-state index in [4.69, 9.17) is 29.0 Å². The van der Waals surface area contributed by atoms with Crippen molar-refractivity contribution < 1.29 is 71.7 Å². The molecule has 0 aliphatic heterocycles. The first-order valence-corrected chi connectivity index (χ1v) is 16.3. The first kappa shape index (κ1) is 49.7. The van der Waals surface area contributed by atoms with Gasteiger partial charge in [-0.1, -0.05) is 23.2 Å². The lowest BCUT2D eigenvalue weighted by atomic mass is 10.1. The molecule has 2 heterocycles. The lowest BCUT2D eigenvalue weighted by Crippen LogP contribution is -2.34. The van der Waals surface area contributed by atoms with Crippen LogP contribution in [-0.2, 0) is 9.47 Å². The number of hydrogen-bond acceptors (Lipinski definition) is 13. The summed E-state index contributed by atoms with van der Waals surface area (Å²) in [5.74, 6) is -5.32. The second-order valence-electron chi connectivity index (χ2n) is 10.8. The van der Waals surface area contributed by atoms with Crippen LogP contribution in [0.15, 0.2) is 24.3 Å². The molecule has 0 bridgehead atoms. The Morgan fingerprint density at radius 1 is 0.644 bits per heavy atom. The van der Waals surface area contributed by atoms with E-state index in [9.17, 15) is 62.3 Å². The molecule has 0 radical (unpaired) electrons. The molecule has 2 aromatic carbocycles. The number of halogens is 15. The van der Waals surface area contributed by atoms with Crippen LogP contribution in [0.5, 0.6) is 0 Å². The van der Waals surface area contributed by atoms with Gasteiger partial charge in [-0.3, -0.25) is 10.9 Å². The number of carbonyl (C=O) groups is 2. The minimum Gasteiger partial charge on any atom is -0.457 e. The predicted molar refractivity (Wildman–Crippen MR) is 188 cm³/mol. The number of nitrogens with two attached hydrogens (primary N) is 1. The van der Waals surface area contributed by atoms with Gasteiger partial charge in [0.05, 0.1) is 36.5 Å². The summed E-state index contributed by atoms with van der Waals surface area (Å²) < 4.78 is 168. The largest absolute Gasteiger partial charge is 0.457 e. The molecule has 4 rings (SSSR count). The summed E-state index contributed by atoms with van der Waals surface area (Å²) in [6.45, 7) is 1.48. The predicted octanol–water partition coefficient (Wildman–Crippen LogP) is 9.11. The van der Waals surface area contributed by atoms with Crippen molar-refractivity contribution in [1.29, 1.82) is 0 Å². The van der Waals surface area contributed by atoms with E-state index in [-0.39, 0.29) is 0 Å². The molecule has 1 amide bonds. The molecule has 7 N–H and O–H groups in total. The lowest BCUT2D eigenvalue weighted by molar-refractivity contribution is -0.139. The molecule has 14 nitrogen and oxygen atoms in total. The fourth-order valence-electron chi connectivity index (χ4n) is 3.93. The fraction of sp³-hybridized carbons (Fsp3) is 0.267. The van der Waals surface area contributed by atoms with Crippen LogP contribution in [-0.4, -0.2) is 70.1 Å². The van der Waals surface area contributed by atoms with E-state index in [1.54, 1.807) is 0 Å². The Morgan fingerprint density at radius 3 is 1.29 bits per heavy atom. The summed E-state index contributed by atoms with van der Waals surface area (Å²) in [5.41, 5.74) is 2.12. The van der Waals surface area contributed by atoms with Crippen LogP contribution < -0.4 is 32.8 Å². The average Bonchev–Trinajstić information content (AvgIpc) is 3.11. The number of nitrogens with zero attached hydrogens (tertiary/aromatic N) is 4. The molecule has 0 unspecified atom stereocenters. The molecule has 0 aliphatic carbocycles. The number of hydrazine groups is 2. The summed E-state index contributed by atoms with van der Waals surface area (Å²) in [7, 11) is 2.25. The third-order valence-corrected chi connectivity index (χ3v) is 7.38. The van der Waals surface area contributed by atoms with Gasteiger partial charge < -0.3 is 20.1 Å². The van der Waals surface area contributed by atoms with Gasteiger partial charge in [0.1, 0.15) is 68.9 Å². The Hall–Kier alpha value is -5.47. The average molecular weight is 924 g/mol. The zero-order valence-corrected chi connectivity index (χ0v) is 31.9. The molecule has 29 heteroatoms. The van der Waals surface area contributed by atoms with Gasteiger partial charge in [0.2, 0.25) is 11.9 Å². The van der Waals surface area contributed by atoms with E-state index < -0.39 is 127 Å². The number of nitrogen functional groups attached to an aromatic ring is 1. The SMILES string of the molecule is COC(=O)Cl.COC(=O)NNc1nc(Cl)c(-c2c(F)cc(F)cc2F)c(N[C@@H](C)C(F)(F)F)n1.C[C@H](Nc1nc(NN)nc(Cl)c1-c1c(F)cc(F)cc1F)C(F)(F)F. The van der Waals surface area contributed by atoms with Crippen molar-refractivity contribution >= 4 is 69.9 Å². The Bertz CT molecular complexity index is 2090. The van der Waals surface area contributed by atoms with Gasteiger partial charge in [-0.2, -0.15) is 46.3 Å². The van der Waals surface area contributed by atoms with E-state index in [1.165, 1.54) is 7.11 Å². The second-order valence-corrected chi connectivity index (χ2v) is 11.8. The zero-order chi connectivity index (χ0) is 45.2. The van der Waals surface area contributed by atoms with Crippen molar-refractivity contribution in [2.24, 2.45) is 5.84 Å². The molecule has 2 aromatic heterocycles. The number of hydrogen-bond donors (Lipinski definition) is 6. The van der Waals surface area contributed by atoms with Crippen molar-refractivity contribution in [3.05, 3.63) is 69.5 Å². The Labute approximate surface area is 338 Å². The molecular weight excluding hydrogens is 899 g/mol. The van der Waals surface area contributed by atoms with E-state index in [2.05, 4.69) is 46.4 Å². The molecule has 2 atom stereocenters. The highest BCUT2D eigenvalue weighted by Crippen LogP contribution is 2.40. The number of rotatable bonds is 9. The third kappa shape index (κ3) is 14.1. The van der Waals surface area contributed by atoms with Gasteiger partial charge in [0, 0.05) is 35.9 Å². The number of amides is 1. The van der Waals surface area contributed by atoms with Crippen molar-refractivity contribution in [3.8, 4) is 22.3 Å². The highest BCUT2D eigenvalue weighted by Gasteiger charge is 2.38. The molecule has 0 fully saturated rings. The Morgan fingerprint density at radius 2 is 0.983 bits per heavy atom. The summed E-state index contributed by atoms with van der Waals surface area (Å²) in [6.07, 6.45) is -10.4. The summed E-state index contributed by atoms with van der Waals surface area (Å²) in [4.78, 5) is 34.9. The van der Waals surface area contributed by atoms with Crippen molar-refractivity contribution in [1.82, 2.24) is 25.4 Å². The third-order valence-electron chi connectivity index (χ3n) is 6.68. The van der Waals surface area contributed by atoms with Gasteiger partial charge >= 0.3 is 23.9 Å². The summed E-state index contributed by atoms with van der Waals surface area (Å²) in [5, 5.41) is 2.60. The first-order chi connectivity index (χ1) is 27.2. The molecule has 0 aliphatic rings. The van der Waals surface area contributed by atoms with E-state index in [0.717, 1.165) is 21.0 Å². The maximum absolute atomic E-state index is 14.2. The standard InChI is InChI=1S/C15H12ClF6N5O2.C13H10ClF6N5.C2H3ClO2/c1-5(15(20,21)22)23-12-10(9-7(18)3-6(17)4-8(9)19)11(16)24-13(25-12)26-27-14(28)29-2;1-4(13(18,19)20)22-11-9(10(14)23-12(24-11)25-21)8-6(16)2-5(15)3-7(8)17;1-5-2(3)4/h3-5H,1-2H3,(H,27,28)(H2,23,24,25,26);2-4H,21H2,1H3,(H2,22,23,24,25);1H3/t5-;4-;/m00./s1. The molecule has 0 spiro atoms. The number of aromatic nitrogens is 4. The van der Waals surface area contributed by atoms with Crippen LogP contribution in [0.25, 0.3) is 22.3 Å². The normalized spacial score (nSPS) is 12.1. The van der Waals surface area contributed by atoms with Crippen LogP contribution in [0.2, 0.25) is 10.3 Å². The topological polar surface area (TPSA) is 190 Å². The van der Waals surface area contributed by atoms with Crippen LogP contribution in [0.4, 0.5) is 85.8 Å². The van der Waals surface area contributed by atoms with Gasteiger partial charge in [-0.25, -0.2) is 47.2 Å². The summed E-state index contributed by atoms with van der Waals surface area (Å²) >= 11 is 16.4. The maximum atomic E-state index is 14.2. The second kappa shape index (κ2) is 21.0. The molecular formula is C30H25Cl3F12N10O4. The molecule has 0 saturated carbocycles. The van der Waals surface area contributed by atoms with Crippen LogP contribution in [0, 0.1) is 34.9 Å². The van der Waals surface area contributed by atoms with Crippen molar-refractivity contribution in [2.75, 3.05) is 35.7 Å². The quantitative estimate of drug-likeness (QED) is 0.0307. The van der Waals surface area contributed by atoms with E-state index in [1.807, 2.05) is 21.5 Å². The van der Waals surface area contributed by atoms with Crippen LogP contribution >= 0.6 is 34.8 Å². The van der Waals surface area contributed by atoms with Gasteiger partial charge in [0.25, 0.3) is 0 Å². The summed E-state index contributed by atoms with van der Waals surface area (Å²) in [6, 6.07) is -3.04. The highest BCUT2D eigenvalue weighted by molar-refractivity contribution is 6.61. The zero-order valence-electron chi connectivity index (χ0n) is 29.6. The Balaban J connectivity index is 0.000000368. The monoisotopic (exact) mass is 922 g/mol. The van der Waals surface area contributed by atoms with Gasteiger partial charge in [-0.05, 0) is 13.8 Å². The van der Waals surface area contributed by atoms with Gasteiger partial charge in [-0.15, -0.1) is 0 Å². The fourth-order valence-corrected chi connectivity index (χ4v) is 4.46. The minimum atomic E-state index is -4.76. The number of methoxy groups -OCH3 is 2. The molecule has 324 valence electrons. The number of nitrogens with one attached hydrogen (secondary N) is 5. The smallest absolute Gasteiger partial charge is 0.425 e. The lowest BCUT2D eigenvalue weighted by Gasteiger charge is -2.21. The van der Waals surface area contributed by atoms with E-state index in [0.29, 0.717) is 24.3 Å². The van der Waals surface area contributed by atoms with Crippen molar-refractivity contribution in [2.45, 2.75) is 38.3 Å². The highest BCUT2D eigenvalue weighted by atomic mass is 35.5. The maximum Gasteiger partial charge on any atom is 0.425 e. The Kier molecular flexibility index (Phi) is 17.7. The minimum absolute atomic E-state index is 0.316. The van der Waals surface area contributed by atoms with E-state index >= 15 is 0 Å². The molecule has 59 heavy (non-hydrogen) atoms. The molecule has 4 aromatic rings. The number of benzene rings is 2. The molecule has 0 saturated heterocycles. The van der Waals surface area contributed by atoms with Crippen LogP contribution in [0.1, 0.15) is 13.8 Å². The van der Waals surface area contributed by atoms with Crippen molar-refractivity contribution in [3.63, 3.8) is 0 Å². The first-order valence-electron chi connectivity index (χ1n) is 15.2. The number of alkyl halides is 6.